The van der Waals surface area contributed by atoms with Gasteiger partial charge in [0.1, 0.15) is 0 Å². The van der Waals surface area contributed by atoms with Crippen LogP contribution in [0.5, 0.6) is 0 Å². The summed E-state index contributed by atoms with van der Waals surface area (Å²) >= 11 is 7.86. The lowest BCUT2D eigenvalue weighted by Crippen LogP contribution is -2.32. The molecule has 0 heterocycles. The van der Waals surface area contributed by atoms with Crippen molar-refractivity contribution in [2.75, 3.05) is 18.5 Å². The summed E-state index contributed by atoms with van der Waals surface area (Å²) < 4.78 is 29.6. The number of aliphatic hydroxyl groups is 1. The maximum absolute atomic E-state index is 14.6. The Balaban J connectivity index is 2.34. The molecule has 0 atom stereocenters. The number of hydrogen-bond acceptors (Lipinski definition) is 4. The average molecular weight is 525 g/mol. The van der Waals surface area contributed by atoms with Crippen molar-refractivity contribution in [1.82, 2.24) is 5.48 Å². The van der Waals surface area contributed by atoms with Crippen LogP contribution >= 0.6 is 34.2 Å². The van der Waals surface area contributed by atoms with Crippen molar-refractivity contribution < 1.29 is 23.5 Å². The van der Waals surface area contributed by atoms with Gasteiger partial charge >= 0.3 is 0 Å². The van der Waals surface area contributed by atoms with Crippen LogP contribution in [0, 0.1) is 27.5 Å². The molecule has 2 aromatic rings. The van der Waals surface area contributed by atoms with E-state index in [1.54, 1.807) is 32.9 Å². The lowest BCUT2D eigenvalue weighted by Gasteiger charge is -2.21. The number of aliphatic hydroxyl groups excluding tert-OH is 1. The van der Waals surface area contributed by atoms with Gasteiger partial charge in [-0.3, -0.25) is 9.63 Å². The molecule has 0 bridgehead atoms. The van der Waals surface area contributed by atoms with E-state index in [1.165, 1.54) is 0 Å². The van der Waals surface area contributed by atoms with Crippen LogP contribution in [0.25, 0.3) is 0 Å². The molecule has 0 aliphatic heterocycles. The van der Waals surface area contributed by atoms with E-state index in [9.17, 15) is 18.7 Å². The van der Waals surface area contributed by atoms with Gasteiger partial charge in [0.2, 0.25) is 0 Å². The molecule has 0 fully saturated rings. The average Bonchev–Trinajstić information content (AvgIpc) is 2.63. The lowest BCUT2D eigenvalue weighted by atomic mass is 9.97. The van der Waals surface area contributed by atoms with Gasteiger partial charge in [0.25, 0.3) is 5.91 Å². The minimum absolute atomic E-state index is 0.0195. The molecular weight excluding hydrogens is 505 g/mol. The van der Waals surface area contributed by atoms with Gasteiger partial charge in [-0.1, -0.05) is 25.4 Å². The van der Waals surface area contributed by atoms with Crippen LogP contribution in [0.4, 0.5) is 20.2 Å². The first-order valence-corrected chi connectivity index (χ1v) is 9.75. The number of amides is 1. The second kappa shape index (κ2) is 9.34. The van der Waals surface area contributed by atoms with E-state index in [-0.39, 0.29) is 24.5 Å². The highest BCUT2D eigenvalue weighted by molar-refractivity contribution is 14.1. The molecule has 1 amide bonds. The zero-order chi connectivity index (χ0) is 21.1. The van der Waals surface area contributed by atoms with E-state index >= 15 is 0 Å². The van der Waals surface area contributed by atoms with E-state index in [1.807, 2.05) is 6.07 Å². The first-order valence-electron chi connectivity index (χ1n) is 8.29. The first kappa shape index (κ1) is 22.8. The number of hydroxylamine groups is 1. The summed E-state index contributed by atoms with van der Waals surface area (Å²) in [7, 11) is 0. The molecule has 0 saturated heterocycles. The zero-order valence-electron chi connectivity index (χ0n) is 15.5. The Morgan fingerprint density at radius 2 is 1.96 bits per heavy atom. The van der Waals surface area contributed by atoms with Crippen molar-refractivity contribution in [2.45, 2.75) is 20.8 Å². The summed E-state index contributed by atoms with van der Waals surface area (Å²) in [5.41, 5.74) is 2.31. The van der Waals surface area contributed by atoms with Crippen molar-refractivity contribution in [3.63, 3.8) is 0 Å². The van der Waals surface area contributed by atoms with Gasteiger partial charge in [-0.25, -0.2) is 14.3 Å². The van der Waals surface area contributed by atoms with Gasteiger partial charge in [0.15, 0.2) is 11.6 Å². The molecule has 0 aromatic heterocycles. The van der Waals surface area contributed by atoms with Crippen LogP contribution in [0.15, 0.2) is 24.3 Å². The fourth-order valence-corrected chi connectivity index (χ4v) is 3.03. The minimum Gasteiger partial charge on any atom is -0.396 e. The summed E-state index contributed by atoms with van der Waals surface area (Å²) in [6.07, 6.45) is 0. The highest BCUT2D eigenvalue weighted by Crippen LogP contribution is 2.32. The lowest BCUT2D eigenvalue weighted by molar-refractivity contribution is -0.0197. The third-order valence-electron chi connectivity index (χ3n) is 3.91. The van der Waals surface area contributed by atoms with E-state index in [4.69, 9.17) is 16.4 Å². The van der Waals surface area contributed by atoms with Gasteiger partial charge in [0.05, 0.1) is 29.5 Å². The van der Waals surface area contributed by atoms with Crippen LogP contribution in [0.1, 0.15) is 29.8 Å². The highest BCUT2D eigenvalue weighted by atomic mass is 127. The minimum atomic E-state index is -1.27. The van der Waals surface area contributed by atoms with Crippen molar-refractivity contribution in [3.8, 4) is 0 Å². The number of carbonyl (C=O) groups excluding carboxylic acids is 1. The monoisotopic (exact) mass is 524 g/mol. The number of benzene rings is 2. The summed E-state index contributed by atoms with van der Waals surface area (Å²) in [5, 5.41) is 11.5. The largest absolute Gasteiger partial charge is 0.396 e. The standard InChI is InChI=1S/C19H20ClF2IN2O3/c1-10-6-11(23)4-5-14(10)24-17-12(7-13(20)15(21)16(17)22)18(27)25-28-9-19(2,3)8-26/h4-7,24,26H,8-9H2,1-3H3,(H,25,27). The van der Waals surface area contributed by atoms with Crippen LogP contribution in [-0.4, -0.2) is 24.2 Å². The molecule has 2 rings (SSSR count). The predicted octanol–water partition coefficient (Wildman–Crippen LogP) is 4.95. The van der Waals surface area contributed by atoms with Crippen molar-refractivity contribution >= 4 is 51.5 Å². The maximum atomic E-state index is 14.6. The summed E-state index contributed by atoms with van der Waals surface area (Å²) in [6, 6.07) is 6.37. The summed E-state index contributed by atoms with van der Waals surface area (Å²) in [4.78, 5) is 17.6. The van der Waals surface area contributed by atoms with Gasteiger partial charge in [0, 0.05) is 14.7 Å². The Hall–Kier alpha value is -1.49. The number of rotatable bonds is 7. The van der Waals surface area contributed by atoms with Crippen LogP contribution < -0.4 is 10.8 Å². The first-order chi connectivity index (χ1) is 13.1. The Morgan fingerprint density at radius 1 is 1.29 bits per heavy atom. The van der Waals surface area contributed by atoms with E-state index in [0.29, 0.717) is 5.69 Å². The molecule has 0 saturated carbocycles. The third kappa shape index (κ3) is 5.53. The molecule has 0 radical (unpaired) electrons. The van der Waals surface area contributed by atoms with E-state index in [2.05, 4.69) is 33.4 Å². The Labute approximate surface area is 180 Å². The highest BCUT2D eigenvalue weighted by Gasteiger charge is 2.24. The predicted molar refractivity (Wildman–Crippen MR) is 113 cm³/mol. The number of hydrogen-bond donors (Lipinski definition) is 3. The second-order valence-corrected chi connectivity index (χ2v) is 8.69. The van der Waals surface area contributed by atoms with Crippen molar-refractivity contribution in [2.24, 2.45) is 5.41 Å². The third-order valence-corrected chi connectivity index (χ3v) is 4.86. The molecule has 3 N–H and O–H groups in total. The van der Waals surface area contributed by atoms with Crippen molar-refractivity contribution in [3.05, 3.63) is 55.6 Å². The fourth-order valence-electron chi connectivity index (χ4n) is 2.20. The SMILES string of the molecule is Cc1cc(I)ccc1Nc1c(C(=O)NOCC(C)(C)CO)cc(Cl)c(F)c1F. The van der Waals surface area contributed by atoms with Crippen LogP contribution in [0.2, 0.25) is 5.02 Å². The summed E-state index contributed by atoms with van der Waals surface area (Å²) in [5.74, 6) is -3.34. The smallest absolute Gasteiger partial charge is 0.277 e. The molecule has 28 heavy (non-hydrogen) atoms. The van der Waals surface area contributed by atoms with E-state index < -0.39 is 28.0 Å². The van der Waals surface area contributed by atoms with Crippen molar-refractivity contribution in [1.29, 1.82) is 0 Å². The Kier molecular flexibility index (Phi) is 7.60. The second-order valence-electron chi connectivity index (χ2n) is 7.04. The molecular formula is C19H20ClF2IN2O3. The molecule has 2 aromatic carbocycles. The van der Waals surface area contributed by atoms with Gasteiger partial charge in [-0.2, -0.15) is 0 Å². The molecule has 9 heteroatoms. The number of halogens is 4. The topological polar surface area (TPSA) is 70.6 Å². The molecule has 0 aliphatic carbocycles. The Morgan fingerprint density at radius 3 is 2.57 bits per heavy atom. The quantitative estimate of drug-likeness (QED) is 0.272. The van der Waals surface area contributed by atoms with Gasteiger partial charge in [-0.15, -0.1) is 0 Å². The molecule has 5 nitrogen and oxygen atoms in total. The van der Waals surface area contributed by atoms with Crippen LogP contribution in [-0.2, 0) is 4.84 Å². The van der Waals surface area contributed by atoms with Crippen LogP contribution in [0.3, 0.4) is 0 Å². The normalized spacial score (nSPS) is 11.4. The zero-order valence-corrected chi connectivity index (χ0v) is 18.4. The maximum Gasteiger partial charge on any atom is 0.277 e. The van der Waals surface area contributed by atoms with E-state index in [0.717, 1.165) is 15.2 Å². The summed E-state index contributed by atoms with van der Waals surface area (Å²) in [6.45, 7) is 5.14. The molecule has 0 unspecified atom stereocenters. The fraction of sp³-hybridized carbons (Fsp3) is 0.316. The molecule has 0 spiro atoms. The van der Waals surface area contributed by atoms with Gasteiger partial charge in [-0.05, 0) is 59.3 Å². The van der Waals surface area contributed by atoms with Gasteiger partial charge < -0.3 is 10.4 Å². The number of anilines is 2. The number of aryl methyl sites for hydroxylation is 1. The number of nitrogens with one attached hydrogen (secondary N) is 2. The Bertz CT molecular complexity index is 894. The molecule has 0 aliphatic rings. The number of carbonyl (C=O) groups is 1. The molecule has 152 valence electrons.